The van der Waals surface area contributed by atoms with Gasteiger partial charge in [0.2, 0.25) is 6.10 Å². The number of hydrogen-bond acceptors (Lipinski definition) is 9. The first-order chi connectivity index (χ1) is 20.8. The van der Waals surface area contributed by atoms with Crippen LogP contribution >= 0.6 is 0 Å². The van der Waals surface area contributed by atoms with Crippen molar-refractivity contribution in [3.8, 4) is 0 Å². The molecule has 10 nitrogen and oxygen atoms in total. The van der Waals surface area contributed by atoms with E-state index in [2.05, 4.69) is 11.7 Å². The number of ketones is 3. The molecule has 4 saturated carbocycles. The van der Waals surface area contributed by atoms with Gasteiger partial charge in [0.15, 0.2) is 0 Å². The first-order valence-corrected chi connectivity index (χ1v) is 17.3. The van der Waals surface area contributed by atoms with E-state index in [1.54, 1.807) is 0 Å². The number of halogens is 3. The van der Waals surface area contributed by atoms with Crippen LogP contribution in [0.15, 0.2) is 0 Å². The van der Waals surface area contributed by atoms with E-state index in [1.165, 1.54) is 0 Å². The molecule has 9 atom stereocenters. The Morgan fingerprint density at radius 3 is 2.36 bits per heavy atom. The first-order valence-electron chi connectivity index (χ1n) is 15.7. The maximum absolute atomic E-state index is 13.9. The van der Waals surface area contributed by atoms with Crippen LogP contribution in [0, 0.1) is 46.3 Å². The first kappa shape index (κ1) is 35.5. The molecule has 4 aliphatic rings. The van der Waals surface area contributed by atoms with Crippen molar-refractivity contribution in [2.45, 2.75) is 104 Å². The zero-order valence-corrected chi connectivity index (χ0v) is 26.7. The van der Waals surface area contributed by atoms with Gasteiger partial charge in [-0.3, -0.25) is 28.5 Å². The van der Waals surface area contributed by atoms with Gasteiger partial charge in [0.25, 0.3) is 10.1 Å². The molecule has 2 unspecified atom stereocenters. The van der Waals surface area contributed by atoms with Crippen molar-refractivity contribution >= 4 is 39.4 Å². The highest BCUT2D eigenvalue weighted by atomic mass is 32.2. The average Bonchev–Trinajstić information content (AvgIpc) is 3.28. The fourth-order valence-corrected chi connectivity index (χ4v) is 9.66. The van der Waals surface area contributed by atoms with E-state index < -0.39 is 51.9 Å². The molecule has 0 aliphatic heterocycles. The van der Waals surface area contributed by atoms with Crippen molar-refractivity contribution in [3.05, 3.63) is 0 Å². The highest BCUT2D eigenvalue weighted by molar-refractivity contribution is 7.85. The lowest BCUT2D eigenvalue weighted by molar-refractivity contribution is -0.215. The van der Waals surface area contributed by atoms with Crippen molar-refractivity contribution in [2.24, 2.45) is 46.3 Å². The van der Waals surface area contributed by atoms with Crippen LogP contribution in [0.3, 0.4) is 0 Å². The summed E-state index contributed by atoms with van der Waals surface area (Å²) >= 11 is 0. The summed E-state index contributed by atoms with van der Waals surface area (Å²) in [5, 5.41) is 0. The minimum Gasteiger partial charge on any atom is -0.466 e. The summed E-state index contributed by atoms with van der Waals surface area (Å²) in [6, 6.07) is 0. The fraction of sp³-hybridized carbons (Fsp3) is 0.839. The Kier molecular flexibility index (Phi) is 10.3. The van der Waals surface area contributed by atoms with E-state index in [9.17, 15) is 45.6 Å². The lowest BCUT2D eigenvalue weighted by atomic mass is 9.44. The lowest BCUT2D eigenvalue weighted by Gasteiger charge is -2.58. The predicted octanol–water partition coefficient (Wildman–Crippen LogP) is 4.67. The number of esters is 2. The van der Waals surface area contributed by atoms with Crippen molar-refractivity contribution < 1.29 is 59.6 Å². The third kappa shape index (κ3) is 7.47. The van der Waals surface area contributed by atoms with Crippen molar-refractivity contribution in [1.29, 1.82) is 0 Å². The quantitative estimate of drug-likeness (QED) is 0.187. The predicted molar refractivity (Wildman–Crippen MR) is 152 cm³/mol. The molecule has 4 aliphatic carbocycles. The number of rotatable bonds is 11. The number of alkyl halides is 3. The van der Waals surface area contributed by atoms with E-state index in [0.29, 0.717) is 38.5 Å². The summed E-state index contributed by atoms with van der Waals surface area (Å²) in [6.07, 6.45) is -4.62. The van der Waals surface area contributed by atoms with E-state index in [0.717, 1.165) is 12.8 Å². The van der Waals surface area contributed by atoms with Crippen LogP contribution in [0.2, 0.25) is 0 Å². The van der Waals surface area contributed by atoms with Crippen LogP contribution in [-0.4, -0.2) is 66.9 Å². The Balaban J connectivity index is 1.26. The Morgan fingerprint density at radius 1 is 1.02 bits per heavy atom. The van der Waals surface area contributed by atoms with Gasteiger partial charge in [0.05, 0.1) is 6.61 Å². The maximum Gasteiger partial charge on any atom is 0.426 e. The van der Waals surface area contributed by atoms with Gasteiger partial charge in [-0.1, -0.05) is 20.8 Å². The second kappa shape index (κ2) is 13.0. The largest absolute Gasteiger partial charge is 0.466 e. The van der Waals surface area contributed by atoms with Crippen LogP contribution in [0.4, 0.5) is 13.2 Å². The Hall–Kier alpha value is -2.35. The summed E-state index contributed by atoms with van der Waals surface area (Å²) in [6.45, 7) is 5.86. The second-order valence-corrected chi connectivity index (χ2v) is 15.6. The monoisotopic (exact) mass is 664 g/mol. The summed E-state index contributed by atoms with van der Waals surface area (Å²) in [5.41, 5.74) is -0.883. The fourth-order valence-electron chi connectivity index (χ4n) is 9.02. The molecule has 0 aromatic carbocycles. The van der Waals surface area contributed by atoms with Gasteiger partial charge in [-0.15, -0.1) is 0 Å². The van der Waals surface area contributed by atoms with Crippen molar-refractivity contribution in [1.82, 2.24) is 0 Å². The van der Waals surface area contributed by atoms with Gasteiger partial charge >= 0.3 is 18.1 Å². The Bertz CT molecular complexity index is 1310. The normalized spacial score (nSPS) is 34.7. The number of carbonyl (C=O) groups excluding carboxylic acids is 5. The van der Waals surface area contributed by atoms with E-state index >= 15 is 0 Å². The number of carbonyl (C=O) groups is 5. The molecule has 14 heteroatoms. The third-order valence-corrected chi connectivity index (χ3v) is 12.2. The molecular weight excluding hydrogens is 621 g/mol. The second-order valence-electron chi connectivity index (χ2n) is 14.1. The SMILES string of the molecule is CC(CCC(=O)OCCCC(=O)OC(CS(=O)(=O)O)C(F)(F)F)[C@H]1CC[C@H]2[C@@H]3C(=O)C[C@@H]4CC(=O)CC[C@]4(C)[C@H]3CC(=O)[C@]12C. The zero-order chi connectivity index (χ0) is 33.5. The summed E-state index contributed by atoms with van der Waals surface area (Å²) < 4.78 is 78.3. The van der Waals surface area contributed by atoms with Gasteiger partial charge in [-0.25, -0.2) is 0 Å². The molecule has 0 bridgehead atoms. The molecular formula is C31H43F3O10S. The smallest absolute Gasteiger partial charge is 0.426 e. The van der Waals surface area contributed by atoms with Gasteiger partial charge in [0, 0.05) is 49.9 Å². The molecule has 1 N–H and O–H groups in total. The highest BCUT2D eigenvalue weighted by Gasteiger charge is 2.66. The van der Waals surface area contributed by atoms with Crippen LogP contribution in [0.1, 0.15) is 91.4 Å². The minimum absolute atomic E-state index is 0.000625. The lowest BCUT2D eigenvalue weighted by Crippen LogP contribution is -2.60. The molecule has 4 rings (SSSR count). The molecule has 0 radical (unpaired) electrons. The van der Waals surface area contributed by atoms with Gasteiger partial charge in [0.1, 0.15) is 23.1 Å². The number of hydrogen-bond donors (Lipinski definition) is 1. The van der Waals surface area contributed by atoms with Crippen LogP contribution in [0.5, 0.6) is 0 Å². The molecule has 0 aromatic rings. The summed E-state index contributed by atoms with van der Waals surface area (Å²) in [4.78, 5) is 63.8. The highest BCUT2D eigenvalue weighted by Crippen LogP contribution is 2.66. The molecule has 0 amide bonds. The van der Waals surface area contributed by atoms with E-state index in [4.69, 9.17) is 9.29 Å². The standard InChI is InChI=1S/C31H43F3O10S/c1-17(6-9-26(38)43-12-4-5-27(39)44-25(31(32,33)34)16-45(40,41)42)20-7-8-21-28-22(15-24(37)30(20,21)3)29(2)11-10-19(35)13-18(29)14-23(28)36/h17-18,20-22,25,28H,4-16H2,1-3H3,(H,40,41,42)/t17?,18-,20+,21-,22-,25?,28-,29-,30+/m0/s1. The number of ether oxygens (including phenoxy) is 2. The van der Waals surface area contributed by atoms with Crippen molar-refractivity contribution in [3.63, 3.8) is 0 Å². The van der Waals surface area contributed by atoms with Crippen LogP contribution in [-0.2, 0) is 43.6 Å². The van der Waals surface area contributed by atoms with Gasteiger partial charge in [-0.05, 0) is 67.1 Å². The number of fused-ring (bicyclic) bond motifs is 5. The van der Waals surface area contributed by atoms with Crippen LogP contribution in [0.25, 0.3) is 0 Å². The zero-order valence-electron chi connectivity index (χ0n) is 25.9. The van der Waals surface area contributed by atoms with Gasteiger partial charge in [-0.2, -0.15) is 21.6 Å². The summed E-state index contributed by atoms with van der Waals surface area (Å²) in [7, 11) is -5.05. The van der Waals surface area contributed by atoms with Crippen LogP contribution < -0.4 is 0 Å². The number of Topliss-reactive ketones (excluding diaryl/α,β-unsaturated/α-hetero) is 3. The molecule has 0 heterocycles. The van der Waals surface area contributed by atoms with E-state index in [1.807, 2.05) is 13.8 Å². The molecule has 254 valence electrons. The van der Waals surface area contributed by atoms with Crippen molar-refractivity contribution in [2.75, 3.05) is 12.4 Å². The molecule has 0 saturated heterocycles. The van der Waals surface area contributed by atoms with Gasteiger partial charge < -0.3 is 9.47 Å². The molecule has 0 aromatic heterocycles. The Labute approximate surface area is 261 Å². The molecule has 0 spiro atoms. The molecule has 45 heavy (non-hydrogen) atoms. The topological polar surface area (TPSA) is 158 Å². The van der Waals surface area contributed by atoms with E-state index in [-0.39, 0.29) is 77.7 Å². The maximum atomic E-state index is 13.9. The minimum atomic E-state index is -5.20. The molecule has 4 fully saturated rings. The average molecular weight is 665 g/mol. The Morgan fingerprint density at radius 2 is 1.71 bits per heavy atom. The summed E-state index contributed by atoms with van der Waals surface area (Å²) in [5.74, 6) is -3.58. The third-order valence-electron chi connectivity index (χ3n) is 11.5.